The van der Waals surface area contributed by atoms with Crippen molar-refractivity contribution >= 4 is 16.7 Å². The molecule has 0 saturated carbocycles. The maximum atomic E-state index is 13.5. The quantitative estimate of drug-likeness (QED) is 0.796. The summed E-state index contributed by atoms with van der Waals surface area (Å²) in [6.07, 6.45) is 1.86. The highest BCUT2D eigenvalue weighted by molar-refractivity contribution is 5.88. The molecule has 1 aromatic heterocycles. The van der Waals surface area contributed by atoms with E-state index in [4.69, 9.17) is 0 Å². The zero-order valence-electron chi connectivity index (χ0n) is 11.2. The lowest BCUT2D eigenvalue weighted by Gasteiger charge is -2.08. The number of nitrogens with one attached hydrogen (secondary N) is 1. The number of benzene rings is 2. The molecule has 0 spiro atoms. The first-order valence-electron chi connectivity index (χ1n) is 6.61. The number of anilines is 1. The van der Waals surface area contributed by atoms with Crippen molar-refractivity contribution < 1.29 is 8.78 Å². The van der Waals surface area contributed by atoms with E-state index in [1.807, 2.05) is 24.3 Å². The first-order chi connectivity index (χ1) is 10.2. The van der Waals surface area contributed by atoms with Gasteiger partial charge in [0.2, 0.25) is 0 Å². The minimum absolute atomic E-state index is 0.348. The van der Waals surface area contributed by atoms with E-state index in [-0.39, 0.29) is 0 Å². The summed E-state index contributed by atoms with van der Waals surface area (Å²) < 4.78 is 26.6. The molecule has 0 fully saturated rings. The highest BCUT2D eigenvalue weighted by Gasteiger charge is 2.05. The molecular formula is C16H13F2N3. The lowest BCUT2D eigenvalue weighted by Crippen LogP contribution is -2.08. The molecular weight excluding hydrogens is 272 g/mol. The van der Waals surface area contributed by atoms with Gasteiger partial charge in [0.15, 0.2) is 0 Å². The molecule has 2 aromatic carbocycles. The van der Waals surface area contributed by atoms with Crippen LogP contribution < -0.4 is 5.32 Å². The normalized spacial score (nSPS) is 10.8. The van der Waals surface area contributed by atoms with Crippen molar-refractivity contribution in [3.05, 3.63) is 66.0 Å². The Kier molecular flexibility index (Phi) is 3.73. The van der Waals surface area contributed by atoms with Crippen LogP contribution >= 0.6 is 0 Å². The monoisotopic (exact) mass is 285 g/mol. The first kappa shape index (κ1) is 13.4. The molecule has 0 radical (unpaired) electrons. The number of aromatic nitrogens is 2. The lowest BCUT2D eigenvalue weighted by molar-refractivity contribution is 0.586. The minimum Gasteiger partial charge on any atom is -0.369 e. The summed E-state index contributed by atoms with van der Waals surface area (Å²) in [7, 11) is 0. The maximum absolute atomic E-state index is 13.5. The molecule has 1 N–H and O–H groups in total. The van der Waals surface area contributed by atoms with Gasteiger partial charge in [0.25, 0.3) is 0 Å². The molecule has 21 heavy (non-hydrogen) atoms. The van der Waals surface area contributed by atoms with E-state index < -0.39 is 11.6 Å². The fourth-order valence-corrected chi connectivity index (χ4v) is 2.20. The Morgan fingerprint density at radius 1 is 1.00 bits per heavy atom. The van der Waals surface area contributed by atoms with Gasteiger partial charge < -0.3 is 5.32 Å². The Morgan fingerprint density at radius 2 is 1.86 bits per heavy atom. The van der Waals surface area contributed by atoms with Gasteiger partial charge in [0.05, 0.1) is 5.52 Å². The van der Waals surface area contributed by atoms with E-state index >= 15 is 0 Å². The first-order valence-corrected chi connectivity index (χ1v) is 6.61. The van der Waals surface area contributed by atoms with Crippen molar-refractivity contribution in [1.82, 2.24) is 9.97 Å². The summed E-state index contributed by atoms with van der Waals surface area (Å²) in [6, 6.07) is 11.1. The zero-order valence-corrected chi connectivity index (χ0v) is 11.2. The number of halogens is 2. The van der Waals surface area contributed by atoms with Crippen LogP contribution in [0, 0.1) is 11.6 Å². The topological polar surface area (TPSA) is 37.8 Å². The molecule has 0 saturated heterocycles. The van der Waals surface area contributed by atoms with Crippen molar-refractivity contribution in [3.63, 3.8) is 0 Å². The largest absolute Gasteiger partial charge is 0.369 e. The summed E-state index contributed by atoms with van der Waals surface area (Å²) in [6.45, 7) is 0.460. The molecule has 0 atom stereocenters. The van der Waals surface area contributed by atoms with Gasteiger partial charge in [0.1, 0.15) is 23.8 Å². The van der Waals surface area contributed by atoms with Crippen LogP contribution in [0.5, 0.6) is 0 Å². The number of nitrogens with zero attached hydrogens (tertiary/aromatic N) is 2. The van der Waals surface area contributed by atoms with E-state index in [1.165, 1.54) is 12.4 Å². The van der Waals surface area contributed by atoms with Gasteiger partial charge in [-0.1, -0.05) is 12.1 Å². The van der Waals surface area contributed by atoms with Crippen molar-refractivity contribution in [2.24, 2.45) is 0 Å². The second-order valence-electron chi connectivity index (χ2n) is 4.65. The molecule has 0 aliphatic carbocycles. The Balaban J connectivity index is 1.74. The molecule has 3 nitrogen and oxygen atoms in total. The van der Waals surface area contributed by atoms with Gasteiger partial charge in [-0.2, -0.15) is 0 Å². The SMILES string of the molecule is Fc1ccc(F)c(CCNc2ncnc3ccccc23)c1. The molecule has 0 amide bonds. The fourth-order valence-electron chi connectivity index (χ4n) is 2.20. The molecule has 3 rings (SSSR count). The molecule has 1 heterocycles. The van der Waals surface area contributed by atoms with Crippen molar-refractivity contribution in [1.29, 1.82) is 0 Å². The third-order valence-electron chi connectivity index (χ3n) is 3.24. The van der Waals surface area contributed by atoms with Gasteiger partial charge in [-0.25, -0.2) is 18.7 Å². The number of hydrogen-bond donors (Lipinski definition) is 1. The molecule has 5 heteroatoms. The molecule has 0 aliphatic heterocycles. The maximum Gasteiger partial charge on any atom is 0.137 e. The van der Waals surface area contributed by atoms with Gasteiger partial charge in [-0.3, -0.25) is 0 Å². The predicted octanol–water partition coefficient (Wildman–Crippen LogP) is 3.56. The Labute approximate surface area is 120 Å². The van der Waals surface area contributed by atoms with E-state index in [2.05, 4.69) is 15.3 Å². The average molecular weight is 285 g/mol. The summed E-state index contributed by atoms with van der Waals surface area (Å²) in [4.78, 5) is 8.36. The minimum atomic E-state index is -0.432. The van der Waals surface area contributed by atoms with Crippen molar-refractivity contribution in [3.8, 4) is 0 Å². The second-order valence-corrected chi connectivity index (χ2v) is 4.65. The van der Waals surface area contributed by atoms with Crippen LogP contribution in [-0.2, 0) is 6.42 Å². The molecule has 106 valence electrons. The van der Waals surface area contributed by atoms with Gasteiger partial charge in [-0.05, 0) is 42.3 Å². The Morgan fingerprint density at radius 3 is 2.76 bits per heavy atom. The summed E-state index contributed by atoms with van der Waals surface area (Å²) in [5.41, 5.74) is 1.19. The summed E-state index contributed by atoms with van der Waals surface area (Å²) in [5.74, 6) is -0.137. The van der Waals surface area contributed by atoms with E-state index in [1.54, 1.807) is 0 Å². The van der Waals surface area contributed by atoms with E-state index in [0.29, 0.717) is 24.3 Å². The van der Waals surface area contributed by atoms with Crippen LogP contribution in [0.1, 0.15) is 5.56 Å². The van der Waals surface area contributed by atoms with Crippen LogP contribution in [0.2, 0.25) is 0 Å². The smallest absolute Gasteiger partial charge is 0.137 e. The third kappa shape index (κ3) is 2.97. The highest BCUT2D eigenvalue weighted by Crippen LogP contribution is 2.18. The molecule has 0 bridgehead atoms. The summed E-state index contributed by atoms with van der Waals surface area (Å²) >= 11 is 0. The van der Waals surface area contributed by atoms with Crippen molar-refractivity contribution in [2.75, 3.05) is 11.9 Å². The van der Waals surface area contributed by atoms with Gasteiger partial charge in [-0.15, -0.1) is 0 Å². The Hall–Kier alpha value is -2.56. The molecule has 0 unspecified atom stereocenters. The predicted molar refractivity (Wildman–Crippen MR) is 78.1 cm³/mol. The van der Waals surface area contributed by atoms with Crippen LogP contribution in [0.25, 0.3) is 10.9 Å². The number of fused-ring (bicyclic) bond motifs is 1. The molecule has 3 aromatic rings. The van der Waals surface area contributed by atoms with Gasteiger partial charge >= 0.3 is 0 Å². The fraction of sp³-hybridized carbons (Fsp3) is 0.125. The van der Waals surface area contributed by atoms with Crippen LogP contribution in [0.15, 0.2) is 48.8 Å². The van der Waals surface area contributed by atoms with E-state index in [9.17, 15) is 8.78 Å². The number of para-hydroxylation sites is 1. The average Bonchev–Trinajstić information content (AvgIpc) is 2.51. The number of hydrogen-bond acceptors (Lipinski definition) is 3. The lowest BCUT2D eigenvalue weighted by atomic mass is 10.1. The van der Waals surface area contributed by atoms with Crippen LogP contribution in [-0.4, -0.2) is 16.5 Å². The van der Waals surface area contributed by atoms with Crippen LogP contribution in [0.4, 0.5) is 14.6 Å². The van der Waals surface area contributed by atoms with Gasteiger partial charge in [0, 0.05) is 11.9 Å². The Bertz CT molecular complexity index is 769. The zero-order chi connectivity index (χ0) is 14.7. The van der Waals surface area contributed by atoms with Crippen LogP contribution in [0.3, 0.4) is 0 Å². The molecule has 0 aliphatic rings. The summed E-state index contributed by atoms with van der Waals surface area (Å²) in [5, 5.41) is 4.05. The number of rotatable bonds is 4. The standard InChI is InChI=1S/C16H13F2N3/c17-12-5-6-14(18)11(9-12)7-8-19-16-13-3-1-2-4-15(13)20-10-21-16/h1-6,9-10H,7-8H2,(H,19,20,21). The highest BCUT2D eigenvalue weighted by atomic mass is 19.1. The van der Waals surface area contributed by atoms with Crippen molar-refractivity contribution in [2.45, 2.75) is 6.42 Å². The second kappa shape index (κ2) is 5.83. The van der Waals surface area contributed by atoms with E-state index in [0.717, 1.165) is 23.0 Å². The third-order valence-corrected chi connectivity index (χ3v) is 3.24.